The van der Waals surface area contributed by atoms with Crippen LogP contribution in [0.4, 0.5) is 0 Å². The van der Waals surface area contributed by atoms with Gasteiger partial charge < -0.3 is 5.11 Å². The minimum Gasteiger partial charge on any atom is -0.396 e. The highest BCUT2D eigenvalue weighted by molar-refractivity contribution is 4.98. The van der Waals surface area contributed by atoms with Gasteiger partial charge in [0.1, 0.15) is 0 Å². The third kappa shape index (κ3) is 1.97. The maximum Gasteiger partial charge on any atom is 0.0499 e. The molecular weight excluding hydrogens is 100 g/mol. The smallest absolute Gasteiger partial charge is 0.0499 e. The van der Waals surface area contributed by atoms with Gasteiger partial charge in [0.25, 0.3) is 0 Å². The molecule has 1 nitrogen and oxygen atoms in total. The number of aliphatic hydroxyl groups is 1. The van der Waals surface area contributed by atoms with Gasteiger partial charge in [0.2, 0.25) is 0 Å². The van der Waals surface area contributed by atoms with Crippen LogP contribution >= 0.6 is 0 Å². The molecule has 0 saturated heterocycles. The second-order valence-corrected chi connectivity index (χ2v) is 1.94. The van der Waals surface area contributed by atoms with Crippen molar-refractivity contribution in [2.45, 2.75) is 13.8 Å². The maximum absolute atomic E-state index is 8.55. The van der Waals surface area contributed by atoms with Crippen LogP contribution in [0.25, 0.3) is 0 Å². The van der Waals surface area contributed by atoms with Crippen LogP contribution in [0.15, 0.2) is 17.9 Å². The van der Waals surface area contributed by atoms with Crippen LogP contribution in [0.1, 0.15) is 13.8 Å². The number of rotatable bonds is 2. The van der Waals surface area contributed by atoms with Crippen LogP contribution in [0.5, 0.6) is 0 Å². The second-order valence-electron chi connectivity index (χ2n) is 1.94. The summed E-state index contributed by atoms with van der Waals surface area (Å²) in [4.78, 5) is 0. The topological polar surface area (TPSA) is 20.2 Å². The third-order valence-electron chi connectivity index (χ3n) is 1.29. The van der Waals surface area contributed by atoms with E-state index < -0.39 is 0 Å². The second kappa shape index (κ2) is 3.48. The SMILES string of the molecule is C=C=C(C)C(C)CO. The molecule has 1 N–H and O–H groups in total. The molecule has 0 amide bonds. The fourth-order valence-electron chi connectivity index (χ4n) is 0.311. The molecule has 0 spiro atoms. The van der Waals surface area contributed by atoms with Crippen molar-refractivity contribution in [2.75, 3.05) is 6.61 Å². The van der Waals surface area contributed by atoms with E-state index in [1.807, 2.05) is 13.8 Å². The van der Waals surface area contributed by atoms with Gasteiger partial charge in [0, 0.05) is 12.5 Å². The first kappa shape index (κ1) is 7.48. The molecular formula is C7H12O. The van der Waals surface area contributed by atoms with Gasteiger partial charge in [-0.3, -0.25) is 0 Å². The van der Waals surface area contributed by atoms with Gasteiger partial charge >= 0.3 is 0 Å². The Kier molecular flexibility index (Phi) is 3.25. The molecule has 1 heteroatoms. The molecule has 0 radical (unpaired) electrons. The van der Waals surface area contributed by atoms with E-state index in [1.54, 1.807) is 0 Å². The molecule has 8 heavy (non-hydrogen) atoms. The Morgan fingerprint density at radius 3 is 2.50 bits per heavy atom. The molecule has 1 atom stereocenters. The lowest BCUT2D eigenvalue weighted by Crippen LogP contribution is -2.00. The minimum atomic E-state index is 0.189. The normalized spacial score (nSPS) is 12.4. The van der Waals surface area contributed by atoms with E-state index in [0.29, 0.717) is 0 Å². The van der Waals surface area contributed by atoms with Gasteiger partial charge in [0.15, 0.2) is 0 Å². The van der Waals surface area contributed by atoms with Crippen LogP contribution in [0.2, 0.25) is 0 Å². The van der Waals surface area contributed by atoms with Gasteiger partial charge in [-0.05, 0) is 12.5 Å². The quantitative estimate of drug-likeness (QED) is 0.534. The number of hydrogen-bond donors (Lipinski definition) is 1. The summed E-state index contributed by atoms with van der Waals surface area (Å²) in [7, 11) is 0. The predicted octanol–water partition coefficient (Wildman–Crippen LogP) is 1.35. The lowest BCUT2D eigenvalue weighted by Gasteiger charge is -2.02. The van der Waals surface area contributed by atoms with Crippen molar-refractivity contribution < 1.29 is 5.11 Å². The summed E-state index contributed by atoms with van der Waals surface area (Å²) in [6.07, 6.45) is 0. The zero-order chi connectivity index (χ0) is 6.57. The fourth-order valence-corrected chi connectivity index (χ4v) is 0.311. The Balaban J connectivity index is 3.82. The Bertz CT molecular complexity index is 110. The molecule has 46 valence electrons. The first-order valence-corrected chi connectivity index (χ1v) is 2.69. The van der Waals surface area contributed by atoms with Gasteiger partial charge in [0.05, 0.1) is 0 Å². The summed E-state index contributed by atoms with van der Waals surface area (Å²) in [5.41, 5.74) is 3.74. The highest BCUT2D eigenvalue weighted by Crippen LogP contribution is 2.04. The van der Waals surface area contributed by atoms with Gasteiger partial charge in [-0.2, -0.15) is 0 Å². The van der Waals surface area contributed by atoms with Gasteiger partial charge in [-0.1, -0.05) is 13.5 Å². The highest BCUT2D eigenvalue weighted by Gasteiger charge is 1.98. The molecule has 0 rings (SSSR count). The van der Waals surface area contributed by atoms with Crippen LogP contribution in [0, 0.1) is 5.92 Å². The van der Waals surface area contributed by atoms with E-state index in [0.717, 1.165) is 5.57 Å². The predicted molar refractivity (Wildman–Crippen MR) is 34.6 cm³/mol. The number of hydrogen-bond acceptors (Lipinski definition) is 1. The van der Waals surface area contributed by atoms with Gasteiger partial charge in [-0.15, -0.1) is 5.73 Å². The Morgan fingerprint density at radius 2 is 2.38 bits per heavy atom. The van der Waals surface area contributed by atoms with E-state index in [4.69, 9.17) is 5.11 Å². The van der Waals surface area contributed by atoms with Crippen molar-refractivity contribution in [1.82, 2.24) is 0 Å². The molecule has 0 aliphatic heterocycles. The fraction of sp³-hybridized carbons (Fsp3) is 0.571. The van der Waals surface area contributed by atoms with E-state index >= 15 is 0 Å². The Labute approximate surface area is 50.3 Å². The molecule has 0 bridgehead atoms. The Hall–Kier alpha value is -0.520. The van der Waals surface area contributed by atoms with Crippen LogP contribution in [-0.4, -0.2) is 11.7 Å². The van der Waals surface area contributed by atoms with Crippen LogP contribution < -0.4 is 0 Å². The van der Waals surface area contributed by atoms with Crippen LogP contribution in [0.3, 0.4) is 0 Å². The van der Waals surface area contributed by atoms with Crippen molar-refractivity contribution in [3.8, 4) is 0 Å². The highest BCUT2D eigenvalue weighted by atomic mass is 16.3. The zero-order valence-electron chi connectivity index (χ0n) is 5.44. The molecule has 0 aromatic heterocycles. The average molecular weight is 112 g/mol. The van der Waals surface area contributed by atoms with Crippen molar-refractivity contribution >= 4 is 0 Å². The molecule has 1 unspecified atom stereocenters. The first-order chi connectivity index (χ1) is 3.72. The molecule has 0 aliphatic carbocycles. The third-order valence-corrected chi connectivity index (χ3v) is 1.29. The lowest BCUT2D eigenvalue weighted by atomic mass is 10.1. The van der Waals surface area contributed by atoms with E-state index in [-0.39, 0.29) is 12.5 Å². The molecule has 0 heterocycles. The summed E-state index contributed by atoms with van der Waals surface area (Å²) in [5.74, 6) is 0.215. The van der Waals surface area contributed by atoms with Crippen molar-refractivity contribution in [1.29, 1.82) is 0 Å². The van der Waals surface area contributed by atoms with Gasteiger partial charge in [-0.25, -0.2) is 0 Å². The van der Waals surface area contributed by atoms with Crippen molar-refractivity contribution in [2.24, 2.45) is 5.92 Å². The Morgan fingerprint density at radius 1 is 1.88 bits per heavy atom. The summed E-state index contributed by atoms with van der Waals surface area (Å²) >= 11 is 0. The molecule has 0 aliphatic rings. The van der Waals surface area contributed by atoms with E-state index in [1.165, 1.54) is 0 Å². The summed E-state index contributed by atoms with van der Waals surface area (Å²) in [6, 6.07) is 0. The maximum atomic E-state index is 8.55. The standard InChI is InChI=1S/C7H12O/c1-4-6(2)7(3)5-8/h7-8H,1,5H2,2-3H3. The lowest BCUT2D eigenvalue weighted by molar-refractivity contribution is 0.256. The first-order valence-electron chi connectivity index (χ1n) is 2.69. The monoisotopic (exact) mass is 112 g/mol. The average Bonchev–Trinajstić information content (AvgIpc) is 1.84. The molecule has 0 saturated carbocycles. The minimum absolute atomic E-state index is 0.189. The van der Waals surface area contributed by atoms with E-state index in [2.05, 4.69) is 12.3 Å². The molecule has 0 aromatic rings. The summed E-state index contributed by atoms with van der Waals surface area (Å²) in [6.45, 7) is 7.49. The van der Waals surface area contributed by atoms with Crippen molar-refractivity contribution in [3.63, 3.8) is 0 Å². The molecule has 0 aromatic carbocycles. The van der Waals surface area contributed by atoms with Crippen LogP contribution in [-0.2, 0) is 0 Å². The summed E-state index contributed by atoms with van der Waals surface area (Å²) < 4.78 is 0. The zero-order valence-corrected chi connectivity index (χ0v) is 5.44. The number of aliphatic hydroxyl groups excluding tert-OH is 1. The van der Waals surface area contributed by atoms with E-state index in [9.17, 15) is 0 Å². The largest absolute Gasteiger partial charge is 0.396 e. The van der Waals surface area contributed by atoms with Crippen molar-refractivity contribution in [3.05, 3.63) is 17.9 Å². The molecule has 0 fully saturated rings. The summed E-state index contributed by atoms with van der Waals surface area (Å²) in [5, 5.41) is 8.55.